The van der Waals surface area contributed by atoms with Crippen molar-refractivity contribution in [3.63, 3.8) is 0 Å². The van der Waals surface area contributed by atoms with E-state index in [0.717, 1.165) is 58.3 Å². The van der Waals surface area contributed by atoms with Crippen molar-refractivity contribution in [1.29, 1.82) is 5.26 Å². The van der Waals surface area contributed by atoms with Crippen LogP contribution in [0.15, 0.2) is 149 Å². The van der Waals surface area contributed by atoms with Gasteiger partial charge in [-0.3, -0.25) is 0 Å². The SMILES string of the molecule is C=C(/C=C\C(C)=C/C)S\C(=C/C=C(C#N)/C=C/CC(Cc1ccccc1)(Cc1ccccc1)c1cc(C(F)(F)F)ccc1[NH2+]CCC)NCCC.CC. The molecule has 0 spiro atoms. The van der Waals surface area contributed by atoms with E-state index in [1.54, 1.807) is 18.2 Å². The summed E-state index contributed by atoms with van der Waals surface area (Å²) in [5.41, 5.74) is 3.69. The van der Waals surface area contributed by atoms with Crippen molar-refractivity contribution in [3.05, 3.63) is 171 Å². The van der Waals surface area contributed by atoms with Gasteiger partial charge in [-0.2, -0.15) is 18.4 Å². The van der Waals surface area contributed by atoms with Gasteiger partial charge in [-0.25, -0.2) is 0 Å². The topological polar surface area (TPSA) is 52.4 Å². The molecular weight excluding hydrogens is 684 g/mol. The highest BCUT2D eigenvalue weighted by atomic mass is 32.2. The van der Waals surface area contributed by atoms with Gasteiger partial charge in [-0.1, -0.05) is 131 Å². The van der Waals surface area contributed by atoms with Gasteiger partial charge in [-0.15, -0.1) is 0 Å². The lowest BCUT2D eigenvalue weighted by molar-refractivity contribution is -0.572. The van der Waals surface area contributed by atoms with E-state index >= 15 is 0 Å². The summed E-state index contributed by atoms with van der Waals surface area (Å²) < 4.78 is 42.9. The minimum atomic E-state index is -4.49. The Morgan fingerprint density at radius 1 is 0.887 bits per heavy atom. The molecule has 3 nitrogen and oxygen atoms in total. The number of hydrogen-bond donors (Lipinski definition) is 2. The van der Waals surface area contributed by atoms with E-state index in [9.17, 15) is 18.4 Å². The molecule has 0 radical (unpaired) electrons. The fraction of sp³-hybridized carbons (Fsp3) is 0.326. The molecule has 0 aromatic heterocycles. The zero-order chi connectivity index (χ0) is 39.1. The van der Waals surface area contributed by atoms with Gasteiger partial charge >= 0.3 is 6.18 Å². The fourth-order valence-corrected chi connectivity index (χ4v) is 6.46. The van der Waals surface area contributed by atoms with E-state index in [0.29, 0.717) is 30.4 Å². The predicted molar refractivity (Wildman–Crippen MR) is 221 cm³/mol. The molecule has 0 fully saturated rings. The number of halogens is 3. The second-order valence-corrected chi connectivity index (χ2v) is 13.8. The Kier molecular flexibility index (Phi) is 20.2. The molecule has 0 unspecified atom stereocenters. The number of nitrogens with two attached hydrogens (primary N) is 1. The fourth-order valence-electron chi connectivity index (χ4n) is 5.73. The summed E-state index contributed by atoms with van der Waals surface area (Å²) in [6, 6.07) is 26.3. The Bertz CT molecular complexity index is 1700. The van der Waals surface area contributed by atoms with E-state index in [1.807, 2.05) is 119 Å². The van der Waals surface area contributed by atoms with Gasteiger partial charge in [0, 0.05) is 22.4 Å². The standard InChI is InChI=1S/C44H50F3N3S.C2H6/c1-6-28-49-41-25-24-39(44(45,46)47)30-40(41)43(31-36-16-11-9-12-17-36,32-37-18-13-10-14-19-37)27-15-20-38(33-48)23-26-42(50-29-7-2)51-35(5)22-21-34(4)8-3;1-2/h8-26,30,49-50H,5-7,27-29,31-32H2,1-4H3;1-2H3/p+1/b20-15+,22-21-,34-8-,38-23-,42-26-;. The lowest BCUT2D eigenvalue weighted by atomic mass is 9.68. The molecule has 3 N–H and O–H groups in total. The van der Waals surface area contributed by atoms with Gasteiger partial charge in [0.25, 0.3) is 0 Å². The summed E-state index contributed by atoms with van der Waals surface area (Å²) in [5, 5.41) is 16.5. The largest absolute Gasteiger partial charge is 0.416 e. The Balaban J connectivity index is 0.00000477. The highest BCUT2D eigenvalue weighted by Gasteiger charge is 2.39. The quantitative estimate of drug-likeness (QED) is 0.0731. The van der Waals surface area contributed by atoms with Crippen LogP contribution in [0.4, 0.5) is 18.9 Å². The van der Waals surface area contributed by atoms with Crippen LogP contribution in [0.5, 0.6) is 0 Å². The van der Waals surface area contributed by atoms with Crippen molar-refractivity contribution in [2.24, 2.45) is 0 Å². The molecule has 0 atom stereocenters. The van der Waals surface area contributed by atoms with Crippen molar-refractivity contribution in [2.75, 3.05) is 13.1 Å². The van der Waals surface area contributed by atoms with Crippen LogP contribution in [-0.2, 0) is 24.4 Å². The summed E-state index contributed by atoms with van der Waals surface area (Å²) in [7, 11) is 0. The first-order valence-corrected chi connectivity index (χ1v) is 19.4. The number of nitriles is 1. The smallest absolute Gasteiger partial charge is 0.380 e. The molecule has 0 bridgehead atoms. The molecule has 0 saturated heterocycles. The number of quaternary nitrogens is 1. The first kappa shape index (κ1) is 44.7. The van der Waals surface area contributed by atoms with Crippen LogP contribution in [0, 0.1) is 11.3 Å². The van der Waals surface area contributed by atoms with Crippen molar-refractivity contribution in [1.82, 2.24) is 5.32 Å². The van der Waals surface area contributed by atoms with Crippen molar-refractivity contribution >= 4 is 17.4 Å². The molecule has 282 valence electrons. The Morgan fingerprint density at radius 2 is 1.51 bits per heavy atom. The second kappa shape index (κ2) is 23.9. The van der Waals surface area contributed by atoms with E-state index < -0.39 is 17.2 Å². The number of rotatable bonds is 19. The molecule has 0 saturated carbocycles. The number of thioether (sulfide) groups is 1. The monoisotopic (exact) mass is 740 g/mol. The maximum Gasteiger partial charge on any atom is 0.416 e. The summed E-state index contributed by atoms with van der Waals surface area (Å²) in [6.07, 6.45) is 12.2. The van der Waals surface area contributed by atoms with E-state index in [2.05, 4.69) is 37.1 Å². The Hall–Kier alpha value is -4.51. The zero-order valence-electron chi connectivity index (χ0n) is 32.3. The van der Waals surface area contributed by atoms with Gasteiger partial charge in [0.2, 0.25) is 0 Å². The molecule has 3 aromatic carbocycles. The molecule has 0 heterocycles. The first-order chi connectivity index (χ1) is 25.5. The van der Waals surface area contributed by atoms with Crippen LogP contribution < -0.4 is 10.6 Å². The first-order valence-electron chi connectivity index (χ1n) is 18.6. The van der Waals surface area contributed by atoms with Crippen molar-refractivity contribution < 1.29 is 18.5 Å². The third-order valence-electron chi connectivity index (χ3n) is 8.50. The van der Waals surface area contributed by atoms with Crippen molar-refractivity contribution in [3.8, 4) is 6.07 Å². The van der Waals surface area contributed by atoms with Crippen LogP contribution >= 0.6 is 11.8 Å². The van der Waals surface area contributed by atoms with E-state index in [1.165, 1.54) is 23.9 Å². The summed E-state index contributed by atoms with van der Waals surface area (Å²) in [6.45, 7) is 17.9. The molecule has 7 heteroatoms. The van der Waals surface area contributed by atoms with Gasteiger partial charge in [-0.05, 0) is 99.6 Å². The number of alkyl halides is 3. The molecule has 0 amide bonds. The molecule has 0 aliphatic carbocycles. The number of benzene rings is 3. The zero-order valence-corrected chi connectivity index (χ0v) is 33.1. The third-order valence-corrected chi connectivity index (χ3v) is 9.40. The van der Waals surface area contributed by atoms with Crippen LogP contribution in [0.25, 0.3) is 0 Å². The average molecular weight is 741 g/mol. The number of nitrogens with zero attached hydrogens (tertiary/aromatic N) is 1. The molecule has 3 rings (SSSR count). The van der Waals surface area contributed by atoms with Crippen LogP contribution in [0.3, 0.4) is 0 Å². The summed E-state index contributed by atoms with van der Waals surface area (Å²) in [4.78, 5) is 0.858. The molecular formula is C46H57F3N3S+. The highest BCUT2D eigenvalue weighted by Crippen LogP contribution is 2.42. The summed E-state index contributed by atoms with van der Waals surface area (Å²) in [5.74, 6) is 0. The number of hydrogen-bond acceptors (Lipinski definition) is 3. The van der Waals surface area contributed by atoms with Crippen LogP contribution in [-0.4, -0.2) is 13.1 Å². The van der Waals surface area contributed by atoms with Gasteiger partial charge in [0.05, 0.1) is 28.8 Å². The number of allylic oxidation sites excluding steroid dienone is 9. The Labute approximate surface area is 321 Å². The maximum atomic E-state index is 14.3. The number of nitrogens with one attached hydrogen (secondary N) is 1. The maximum absolute atomic E-state index is 14.3. The van der Waals surface area contributed by atoms with Gasteiger partial charge < -0.3 is 10.6 Å². The average Bonchev–Trinajstić information content (AvgIpc) is 3.17. The van der Waals surface area contributed by atoms with Gasteiger partial charge in [0.15, 0.2) is 0 Å². The summed E-state index contributed by atoms with van der Waals surface area (Å²) >= 11 is 1.50. The van der Waals surface area contributed by atoms with Crippen molar-refractivity contribution in [2.45, 2.75) is 85.2 Å². The van der Waals surface area contributed by atoms with E-state index in [-0.39, 0.29) is 0 Å². The molecule has 53 heavy (non-hydrogen) atoms. The third kappa shape index (κ3) is 15.6. The van der Waals surface area contributed by atoms with Crippen LogP contribution in [0.2, 0.25) is 0 Å². The lowest BCUT2D eigenvalue weighted by Gasteiger charge is -2.35. The Morgan fingerprint density at radius 3 is 2.04 bits per heavy atom. The molecule has 0 aliphatic heterocycles. The normalized spacial score (nSPS) is 12.8. The highest BCUT2D eigenvalue weighted by molar-refractivity contribution is 8.06. The molecule has 3 aromatic rings. The molecule has 0 aliphatic rings. The van der Waals surface area contributed by atoms with E-state index in [4.69, 9.17) is 0 Å². The van der Waals surface area contributed by atoms with Crippen LogP contribution in [0.1, 0.15) is 83.1 Å². The second-order valence-electron chi connectivity index (χ2n) is 12.6. The minimum Gasteiger partial charge on any atom is -0.380 e. The lowest BCUT2D eigenvalue weighted by Crippen LogP contribution is -2.78. The predicted octanol–water partition coefficient (Wildman–Crippen LogP) is 12.1. The van der Waals surface area contributed by atoms with Gasteiger partial charge in [0.1, 0.15) is 5.69 Å². The minimum absolute atomic E-state index is 0.412.